The molecule has 0 saturated heterocycles. The zero-order valence-electron chi connectivity index (χ0n) is 11.4. The lowest BCUT2D eigenvalue weighted by Crippen LogP contribution is -2.31. The third-order valence-corrected chi connectivity index (χ3v) is 3.13. The van der Waals surface area contributed by atoms with Gasteiger partial charge in [0.05, 0.1) is 11.6 Å². The van der Waals surface area contributed by atoms with Crippen LogP contribution in [0.15, 0.2) is 48.5 Å². The van der Waals surface area contributed by atoms with E-state index in [1.165, 1.54) is 0 Å². The van der Waals surface area contributed by atoms with Gasteiger partial charge in [0, 0.05) is 16.4 Å². The summed E-state index contributed by atoms with van der Waals surface area (Å²) in [5.41, 5.74) is 1.92. The molecule has 0 fully saturated rings. The third kappa shape index (κ3) is 4.23. The number of anilines is 2. The highest BCUT2D eigenvalue weighted by atomic mass is 35.5. The molecule has 2 rings (SSSR count). The largest absolute Gasteiger partial charge is 0.374 e. The Balaban J connectivity index is 1.99. The van der Waals surface area contributed by atoms with E-state index in [-0.39, 0.29) is 5.91 Å². The summed E-state index contributed by atoms with van der Waals surface area (Å²) in [6.45, 7) is 1.76. The van der Waals surface area contributed by atoms with E-state index in [1.807, 2.05) is 18.2 Å². The minimum absolute atomic E-state index is 0.181. The Labute approximate surface area is 128 Å². The first-order chi connectivity index (χ1) is 10.1. The Morgan fingerprint density at radius 1 is 1.19 bits per heavy atom. The average molecular weight is 300 g/mol. The second-order valence-corrected chi connectivity index (χ2v) is 4.99. The molecule has 0 spiro atoms. The van der Waals surface area contributed by atoms with Crippen LogP contribution in [0, 0.1) is 11.3 Å². The number of hydrogen-bond acceptors (Lipinski definition) is 3. The maximum atomic E-state index is 12.1. The smallest absolute Gasteiger partial charge is 0.246 e. The lowest BCUT2D eigenvalue weighted by molar-refractivity contribution is -0.116. The molecule has 2 aromatic carbocycles. The fourth-order valence-corrected chi connectivity index (χ4v) is 1.90. The summed E-state index contributed by atoms with van der Waals surface area (Å²) in [6.07, 6.45) is 0. The number of benzene rings is 2. The van der Waals surface area contributed by atoms with Crippen LogP contribution in [0.3, 0.4) is 0 Å². The summed E-state index contributed by atoms with van der Waals surface area (Å²) >= 11 is 5.81. The van der Waals surface area contributed by atoms with Crippen LogP contribution in [0.4, 0.5) is 11.4 Å². The number of nitrogens with one attached hydrogen (secondary N) is 2. The molecule has 1 atom stereocenters. The fraction of sp³-hybridized carbons (Fsp3) is 0.125. The van der Waals surface area contributed by atoms with Crippen LogP contribution in [-0.2, 0) is 4.79 Å². The monoisotopic (exact) mass is 299 g/mol. The predicted molar refractivity (Wildman–Crippen MR) is 84.3 cm³/mol. The number of nitrogens with zero attached hydrogens (tertiary/aromatic N) is 1. The highest BCUT2D eigenvalue weighted by molar-refractivity contribution is 6.30. The Kier molecular flexibility index (Phi) is 4.81. The summed E-state index contributed by atoms with van der Waals surface area (Å²) in [5, 5.41) is 15.3. The lowest BCUT2D eigenvalue weighted by atomic mass is 10.2. The van der Waals surface area contributed by atoms with Crippen molar-refractivity contribution in [2.75, 3.05) is 10.6 Å². The van der Waals surface area contributed by atoms with E-state index in [9.17, 15) is 4.79 Å². The van der Waals surface area contributed by atoms with Gasteiger partial charge < -0.3 is 10.6 Å². The summed E-state index contributed by atoms with van der Waals surface area (Å²) < 4.78 is 0. The number of halogens is 1. The molecule has 0 aromatic heterocycles. The molecular weight excluding hydrogens is 286 g/mol. The number of rotatable bonds is 4. The zero-order valence-corrected chi connectivity index (χ0v) is 12.2. The van der Waals surface area contributed by atoms with Crippen LogP contribution in [-0.4, -0.2) is 11.9 Å². The van der Waals surface area contributed by atoms with Crippen molar-refractivity contribution in [1.29, 1.82) is 5.26 Å². The third-order valence-electron chi connectivity index (χ3n) is 2.88. The van der Waals surface area contributed by atoms with Gasteiger partial charge in [0.1, 0.15) is 6.04 Å². The van der Waals surface area contributed by atoms with E-state index in [1.54, 1.807) is 43.3 Å². The molecule has 0 saturated carbocycles. The Hall–Kier alpha value is -2.51. The molecule has 21 heavy (non-hydrogen) atoms. The second-order valence-electron chi connectivity index (χ2n) is 4.55. The molecule has 0 aliphatic carbocycles. The average Bonchev–Trinajstić information content (AvgIpc) is 2.49. The Morgan fingerprint density at radius 2 is 1.90 bits per heavy atom. The van der Waals surface area contributed by atoms with Crippen molar-refractivity contribution in [3.05, 3.63) is 59.1 Å². The van der Waals surface area contributed by atoms with Gasteiger partial charge in [0.2, 0.25) is 5.91 Å². The van der Waals surface area contributed by atoms with E-state index >= 15 is 0 Å². The SMILES string of the molecule is CC(Nc1ccc(Cl)cc1)C(=O)Nc1cccc(C#N)c1. The van der Waals surface area contributed by atoms with Crippen LogP contribution < -0.4 is 10.6 Å². The second kappa shape index (κ2) is 6.78. The van der Waals surface area contributed by atoms with Crippen molar-refractivity contribution < 1.29 is 4.79 Å². The summed E-state index contributed by atoms with van der Waals surface area (Å²) in [4.78, 5) is 12.1. The molecule has 2 N–H and O–H groups in total. The predicted octanol–water partition coefficient (Wildman–Crippen LogP) is 3.65. The first-order valence-corrected chi connectivity index (χ1v) is 6.79. The summed E-state index contributed by atoms with van der Waals surface area (Å²) in [5.74, 6) is -0.181. The minimum Gasteiger partial charge on any atom is -0.374 e. The van der Waals surface area contributed by atoms with E-state index < -0.39 is 6.04 Å². The number of nitriles is 1. The normalized spacial score (nSPS) is 11.3. The van der Waals surface area contributed by atoms with E-state index in [2.05, 4.69) is 10.6 Å². The van der Waals surface area contributed by atoms with Gasteiger partial charge in [-0.2, -0.15) is 5.26 Å². The van der Waals surface area contributed by atoms with Crippen molar-refractivity contribution in [3.63, 3.8) is 0 Å². The van der Waals surface area contributed by atoms with Gasteiger partial charge in [0.15, 0.2) is 0 Å². The van der Waals surface area contributed by atoms with Gasteiger partial charge >= 0.3 is 0 Å². The van der Waals surface area contributed by atoms with E-state index in [0.29, 0.717) is 16.3 Å². The minimum atomic E-state index is -0.420. The van der Waals surface area contributed by atoms with Crippen LogP contribution in [0.2, 0.25) is 5.02 Å². The van der Waals surface area contributed by atoms with Crippen molar-refractivity contribution in [1.82, 2.24) is 0 Å². The molecule has 106 valence electrons. The van der Waals surface area contributed by atoms with Gasteiger partial charge in [-0.1, -0.05) is 17.7 Å². The van der Waals surface area contributed by atoms with Gasteiger partial charge in [-0.3, -0.25) is 4.79 Å². The summed E-state index contributed by atoms with van der Waals surface area (Å²) in [6, 6.07) is 15.5. The summed E-state index contributed by atoms with van der Waals surface area (Å²) in [7, 11) is 0. The molecule has 0 bridgehead atoms. The van der Waals surface area contributed by atoms with Gasteiger partial charge in [-0.25, -0.2) is 0 Å². The van der Waals surface area contributed by atoms with Crippen molar-refractivity contribution in [2.24, 2.45) is 0 Å². The molecule has 0 heterocycles. The zero-order chi connectivity index (χ0) is 15.2. The van der Waals surface area contributed by atoms with Crippen LogP contribution in [0.1, 0.15) is 12.5 Å². The molecule has 5 heteroatoms. The van der Waals surface area contributed by atoms with Gasteiger partial charge in [0.25, 0.3) is 0 Å². The van der Waals surface area contributed by atoms with E-state index in [4.69, 9.17) is 16.9 Å². The number of hydrogen-bond donors (Lipinski definition) is 2. The van der Waals surface area contributed by atoms with Crippen molar-refractivity contribution in [2.45, 2.75) is 13.0 Å². The van der Waals surface area contributed by atoms with Crippen LogP contribution >= 0.6 is 11.6 Å². The van der Waals surface area contributed by atoms with Gasteiger partial charge in [-0.15, -0.1) is 0 Å². The van der Waals surface area contributed by atoms with Gasteiger partial charge in [-0.05, 0) is 49.4 Å². The van der Waals surface area contributed by atoms with Crippen LogP contribution in [0.25, 0.3) is 0 Å². The lowest BCUT2D eigenvalue weighted by Gasteiger charge is -2.15. The molecular formula is C16H14ClN3O. The number of carbonyl (C=O) groups is 1. The Morgan fingerprint density at radius 3 is 2.57 bits per heavy atom. The standard InChI is InChI=1S/C16H14ClN3O/c1-11(19-14-7-5-13(17)6-8-14)16(21)20-15-4-2-3-12(9-15)10-18/h2-9,11,19H,1H3,(H,20,21). The molecule has 4 nitrogen and oxygen atoms in total. The molecule has 0 aliphatic rings. The fourth-order valence-electron chi connectivity index (χ4n) is 1.78. The first-order valence-electron chi connectivity index (χ1n) is 6.41. The quantitative estimate of drug-likeness (QED) is 0.905. The number of carbonyl (C=O) groups excluding carboxylic acids is 1. The highest BCUT2D eigenvalue weighted by Crippen LogP contribution is 2.15. The number of amides is 1. The molecule has 1 unspecified atom stereocenters. The molecule has 2 aromatic rings. The first kappa shape index (κ1) is 14.9. The highest BCUT2D eigenvalue weighted by Gasteiger charge is 2.12. The molecule has 1 amide bonds. The Bertz CT molecular complexity index is 677. The molecule has 0 radical (unpaired) electrons. The molecule has 0 aliphatic heterocycles. The topological polar surface area (TPSA) is 64.9 Å². The maximum absolute atomic E-state index is 12.1. The van der Waals surface area contributed by atoms with Crippen molar-refractivity contribution in [3.8, 4) is 6.07 Å². The maximum Gasteiger partial charge on any atom is 0.246 e. The van der Waals surface area contributed by atoms with E-state index in [0.717, 1.165) is 5.69 Å². The van der Waals surface area contributed by atoms with Crippen LogP contribution in [0.5, 0.6) is 0 Å². The van der Waals surface area contributed by atoms with Crippen molar-refractivity contribution >= 4 is 28.9 Å².